The van der Waals surface area contributed by atoms with Crippen LogP contribution in [0.4, 0.5) is 0 Å². The van der Waals surface area contributed by atoms with Gasteiger partial charge in [-0.3, -0.25) is 9.13 Å². The van der Waals surface area contributed by atoms with Crippen LogP contribution in [-0.2, 0) is 14.1 Å². The Kier molecular flexibility index (Phi) is 2.83. The van der Waals surface area contributed by atoms with Crippen molar-refractivity contribution in [1.82, 2.24) is 9.13 Å². The lowest BCUT2D eigenvalue weighted by Gasteiger charge is -2.14. The zero-order valence-corrected chi connectivity index (χ0v) is 10.6. The van der Waals surface area contributed by atoms with E-state index in [0.717, 1.165) is 16.6 Å². The van der Waals surface area contributed by atoms with Crippen molar-refractivity contribution in [3.8, 4) is 0 Å². The zero-order valence-electron chi connectivity index (χ0n) is 10.6. The van der Waals surface area contributed by atoms with Gasteiger partial charge in [-0.05, 0) is 23.6 Å². The average molecular weight is 234 g/mol. The van der Waals surface area contributed by atoms with E-state index in [-0.39, 0.29) is 11.6 Å². The predicted octanol–water partition coefficient (Wildman–Crippen LogP) is 1.57. The third-order valence-electron chi connectivity index (χ3n) is 3.27. The smallest absolute Gasteiger partial charge is 0.328 e. The van der Waals surface area contributed by atoms with Gasteiger partial charge in [-0.25, -0.2) is 4.79 Å². The first-order chi connectivity index (χ1) is 7.93. The summed E-state index contributed by atoms with van der Waals surface area (Å²) in [5, 5.41) is 10.0. The molecule has 0 aliphatic heterocycles. The van der Waals surface area contributed by atoms with Gasteiger partial charge in [-0.2, -0.15) is 0 Å². The molecular weight excluding hydrogens is 216 g/mol. The van der Waals surface area contributed by atoms with Crippen LogP contribution in [0.25, 0.3) is 11.0 Å². The van der Waals surface area contributed by atoms with Crippen LogP contribution in [0.1, 0.15) is 25.5 Å². The molecule has 0 aliphatic carbocycles. The van der Waals surface area contributed by atoms with Crippen LogP contribution in [-0.4, -0.2) is 14.2 Å². The molecule has 0 aliphatic rings. The number of fused-ring (bicyclic) bond motifs is 1. The summed E-state index contributed by atoms with van der Waals surface area (Å²) in [5.74, 6) is 0.160. The molecule has 4 heteroatoms. The van der Waals surface area contributed by atoms with Gasteiger partial charge in [0.25, 0.3) is 0 Å². The maximum Gasteiger partial charge on any atom is 0.328 e. The fraction of sp³-hybridized carbons (Fsp3) is 0.462. The highest BCUT2D eigenvalue weighted by molar-refractivity contribution is 5.76. The van der Waals surface area contributed by atoms with Crippen LogP contribution in [0.3, 0.4) is 0 Å². The van der Waals surface area contributed by atoms with Gasteiger partial charge < -0.3 is 5.11 Å². The Bertz CT molecular complexity index is 608. The summed E-state index contributed by atoms with van der Waals surface area (Å²) in [6.07, 6.45) is -0.491. The summed E-state index contributed by atoms with van der Waals surface area (Å²) < 4.78 is 3.22. The quantitative estimate of drug-likeness (QED) is 0.857. The van der Waals surface area contributed by atoms with E-state index < -0.39 is 6.10 Å². The second kappa shape index (κ2) is 4.04. The number of nitrogens with zero attached hydrogens (tertiary/aromatic N) is 2. The van der Waals surface area contributed by atoms with Crippen LogP contribution < -0.4 is 5.69 Å². The molecule has 0 amide bonds. The van der Waals surface area contributed by atoms with E-state index in [1.165, 1.54) is 0 Å². The van der Waals surface area contributed by atoms with E-state index in [1.54, 1.807) is 23.2 Å². The Morgan fingerprint density at radius 1 is 1.12 bits per heavy atom. The van der Waals surface area contributed by atoms with Gasteiger partial charge >= 0.3 is 5.69 Å². The van der Waals surface area contributed by atoms with Gasteiger partial charge in [0.1, 0.15) is 0 Å². The van der Waals surface area contributed by atoms with Crippen LogP contribution in [0.2, 0.25) is 0 Å². The first-order valence-electron chi connectivity index (χ1n) is 5.77. The summed E-state index contributed by atoms with van der Waals surface area (Å²) in [6, 6.07) is 5.66. The van der Waals surface area contributed by atoms with Crippen molar-refractivity contribution in [2.24, 2.45) is 20.0 Å². The summed E-state index contributed by atoms with van der Waals surface area (Å²) in [7, 11) is 3.50. The number of benzene rings is 1. The zero-order chi connectivity index (χ0) is 12.7. The molecule has 0 spiro atoms. The highest BCUT2D eigenvalue weighted by Crippen LogP contribution is 2.24. The Morgan fingerprint density at radius 3 is 2.29 bits per heavy atom. The molecule has 17 heavy (non-hydrogen) atoms. The summed E-state index contributed by atoms with van der Waals surface area (Å²) >= 11 is 0. The lowest BCUT2D eigenvalue weighted by atomic mass is 9.99. The first-order valence-corrected chi connectivity index (χ1v) is 5.77. The fourth-order valence-corrected chi connectivity index (χ4v) is 2.09. The molecule has 0 saturated heterocycles. The second-order valence-electron chi connectivity index (χ2n) is 4.84. The van der Waals surface area contributed by atoms with E-state index in [4.69, 9.17) is 0 Å². The molecule has 1 heterocycles. The SMILES string of the molecule is CC(C)C(O)c1ccc2c(c1)n(C)c(=O)n2C. The second-order valence-corrected chi connectivity index (χ2v) is 4.84. The third kappa shape index (κ3) is 1.78. The molecule has 2 rings (SSSR count). The minimum atomic E-state index is -0.491. The molecule has 1 N–H and O–H groups in total. The monoisotopic (exact) mass is 234 g/mol. The van der Waals surface area contributed by atoms with Gasteiger partial charge in [0, 0.05) is 14.1 Å². The standard InChI is InChI=1S/C13H18N2O2/c1-8(2)12(16)9-5-6-10-11(7-9)15(4)13(17)14(10)3/h5-8,12,16H,1-4H3. The number of aryl methyl sites for hydroxylation is 2. The van der Waals surface area contributed by atoms with Crippen molar-refractivity contribution >= 4 is 11.0 Å². The molecule has 2 aromatic rings. The van der Waals surface area contributed by atoms with Gasteiger partial charge in [0.2, 0.25) is 0 Å². The van der Waals surface area contributed by atoms with Crippen molar-refractivity contribution in [3.05, 3.63) is 34.2 Å². The van der Waals surface area contributed by atoms with Gasteiger partial charge in [-0.1, -0.05) is 19.9 Å². The predicted molar refractivity (Wildman–Crippen MR) is 68.0 cm³/mol. The molecule has 1 unspecified atom stereocenters. The molecule has 0 saturated carbocycles. The molecular formula is C13H18N2O2. The number of hydrogen-bond donors (Lipinski definition) is 1. The van der Waals surface area contributed by atoms with Crippen LogP contribution >= 0.6 is 0 Å². The summed E-state index contributed by atoms with van der Waals surface area (Å²) in [6.45, 7) is 3.94. The lowest BCUT2D eigenvalue weighted by molar-refractivity contribution is 0.127. The number of rotatable bonds is 2. The minimum absolute atomic E-state index is 0.0452. The highest BCUT2D eigenvalue weighted by atomic mass is 16.3. The van der Waals surface area contributed by atoms with E-state index in [1.807, 2.05) is 32.0 Å². The normalized spacial score (nSPS) is 13.5. The number of imidazole rings is 1. The third-order valence-corrected chi connectivity index (χ3v) is 3.27. The number of aromatic nitrogens is 2. The van der Waals surface area contributed by atoms with Gasteiger partial charge in [-0.15, -0.1) is 0 Å². The first kappa shape index (κ1) is 11.9. The van der Waals surface area contributed by atoms with E-state index >= 15 is 0 Å². The van der Waals surface area contributed by atoms with E-state index in [0.29, 0.717) is 0 Å². The molecule has 0 bridgehead atoms. The van der Waals surface area contributed by atoms with Crippen molar-refractivity contribution in [2.75, 3.05) is 0 Å². The molecule has 1 aromatic carbocycles. The highest BCUT2D eigenvalue weighted by Gasteiger charge is 2.14. The molecule has 1 atom stereocenters. The Hall–Kier alpha value is -1.55. The lowest BCUT2D eigenvalue weighted by Crippen LogP contribution is -2.19. The van der Waals surface area contributed by atoms with Crippen LogP contribution in [0.5, 0.6) is 0 Å². The maximum atomic E-state index is 11.8. The Morgan fingerprint density at radius 2 is 1.71 bits per heavy atom. The number of aliphatic hydroxyl groups excluding tert-OH is 1. The van der Waals surface area contributed by atoms with Crippen molar-refractivity contribution in [1.29, 1.82) is 0 Å². The fourth-order valence-electron chi connectivity index (χ4n) is 2.09. The molecule has 92 valence electrons. The van der Waals surface area contributed by atoms with Gasteiger partial charge in [0.05, 0.1) is 17.1 Å². The molecule has 4 nitrogen and oxygen atoms in total. The molecule has 1 aromatic heterocycles. The van der Waals surface area contributed by atoms with E-state index in [9.17, 15) is 9.90 Å². The van der Waals surface area contributed by atoms with Crippen LogP contribution in [0, 0.1) is 5.92 Å². The Labute approximate surface area is 100 Å². The largest absolute Gasteiger partial charge is 0.388 e. The van der Waals surface area contributed by atoms with Gasteiger partial charge in [0.15, 0.2) is 0 Å². The van der Waals surface area contributed by atoms with Crippen molar-refractivity contribution in [2.45, 2.75) is 20.0 Å². The number of hydrogen-bond acceptors (Lipinski definition) is 2. The minimum Gasteiger partial charge on any atom is -0.388 e. The maximum absolute atomic E-state index is 11.8. The Balaban J connectivity index is 2.66. The van der Waals surface area contributed by atoms with Crippen molar-refractivity contribution in [3.63, 3.8) is 0 Å². The topological polar surface area (TPSA) is 47.2 Å². The average Bonchev–Trinajstić information content (AvgIpc) is 2.53. The molecule has 0 fully saturated rings. The summed E-state index contributed by atoms with van der Waals surface area (Å²) in [4.78, 5) is 11.8. The summed E-state index contributed by atoms with van der Waals surface area (Å²) in [5.41, 5.74) is 2.55. The van der Waals surface area contributed by atoms with E-state index in [2.05, 4.69) is 0 Å². The van der Waals surface area contributed by atoms with Crippen LogP contribution in [0.15, 0.2) is 23.0 Å². The number of aliphatic hydroxyl groups is 1. The molecule has 0 radical (unpaired) electrons. The van der Waals surface area contributed by atoms with Crippen molar-refractivity contribution < 1.29 is 5.11 Å².